The molecule has 1 aliphatic rings. The molecule has 4 rings (SSSR count). The normalized spacial score (nSPS) is 15.9. The smallest absolute Gasteiger partial charge is 0.270 e. The van der Waals surface area contributed by atoms with Gasteiger partial charge in [-0.2, -0.15) is 5.10 Å². The maximum atomic E-state index is 13.6. The lowest BCUT2D eigenvalue weighted by atomic mass is 9.96. The average molecular weight is 323 g/mol. The molecule has 0 unspecified atom stereocenters. The van der Waals surface area contributed by atoms with Crippen molar-refractivity contribution in [2.75, 3.05) is 7.11 Å². The van der Waals surface area contributed by atoms with Gasteiger partial charge in [0.25, 0.3) is 5.91 Å². The van der Waals surface area contributed by atoms with Crippen LogP contribution in [0.2, 0.25) is 0 Å². The van der Waals surface area contributed by atoms with Crippen LogP contribution in [0.4, 0.5) is 4.39 Å². The van der Waals surface area contributed by atoms with E-state index in [-0.39, 0.29) is 11.7 Å². The molecule has 6 heteroatoms. The Morgan fingerprint density at radius 3 is 2.79 bits per heavy atom. The maximum Gasteiger partial charge on any atom is 0.270 e. The highest BCUT2D eigenvalue weighted by Crippen LogP contribution is 2.37. The summed E-state index contributed by atoms with van der Waals surface area (Å²) in [5, 5.41) is 9.96. The number of aromatic nitrogens is 2. The summed E-state index contributed by atoms with van der Waals surface area (Å²) in [6.45, 7) is 0. The second kappa shape index (κ2) is 5.49. The molecular weight excluding hydrogens is 309 g/mol. The summed E-state index contributed by atoms with van der Waals surface area (Å²) in [4.78, 5) is 12.2. The Labute approximate surface area is 137 Å². The quantitative estimate of drug-likeness (QED) is 0.778. The molecule has 1 atom stereocenters. The fraction of sp³-hybridized carbons (Fsp3) is 0.111. The van der Waals surface area contributed by atoms with Crippen LogP contribution in [0.3, 0.4) is 0 Å². The van der Waals surface area contributed by atoms with Gasteiger partial charge < -0.3 is 10.1 Å². The second-order valence-electron chi connectivity index (χ2n) is 5.55. The van der Waals surface area contributed by atoms with Crippen molar-refractivity contribution < 1.29 is 13.9 Å². The maximum absolute atomic E-state index is 13.6. The lowest BCUT2D eigenvalue weighted by Gasteiger charge is -2.13. The number of ether oxygens (including phenoxy) is 1. The summed E-state index contributed by atoms with van der Waals surface area (Å²) in [6, 6.07) is 13.2. The standard InChI is InChI=1S/C18H14FN3O2/c1-24-13-7-3-5-11(9-13)16-14-15(10-4-2-6-12(19)8-10)20-18(23)17(14)22-21-16/h2-9,15H,1H3,(H,20,23)(H,21,22)/t15-/m1/s1. The fourth-order valence-electron chi connectivity index (χ4n) is 3.01. The molecule has 120 valence electrons. The predicted molar refractivity (Wildman–Crippen MR) is 86.3 cm³/mol. The number of halogens is 1. The lowest BCUT2D eigenvalue weighted by molar-refractivity contribution is 0.0955. The second-order valence-corrected chi connectivity index (χ2v) is 5.55. The van der Waals surface area contributed by atoms with E-state index in [0.717, 1.165) is 11.1 Å². The van der Waals surface area contributed by atoms with Crippen LogP contribution in [0, 0.1) is 5.82 Å². The molecule has 5 nitrogen and oxygen atoms in total. The predicted octanol–water partition coefficient (Wildman–Crippen LogP) is 3.06. The zero-order valence-electron chi connectivity index (χ0n) is 12.8. The molecule has 0 bridgehead atoms. The topological polar surface area (TPSA) is 67.0 Å². The van der Waals surface area contributed by atoms with E-state index < -0.39 is 6.04 Å². The van der Waals surface area contributed by atoms with Gasteiger partial charge in [0.05, 0.1) is 18.8 Å². The van der Waals surface area contributed by atoms with Crippen LogP contribution in [-0.4, -0.2) is 23.2 Å². The molecule has 1 amide bonds. The fourth-order valence-corrected chi connectivity index (χ4v) is 3.01. The number of amides is 1. The number of hydrogen-bond acceptors (Lipinski definition) is 3. The average Bonchev–Trinajstić information content (AvgIpc) is 3.16. The summed E-state index contributed by atoms with van der Waals surface area (Å²) < 4.78 is 18.8. The van der Waals surface area contributed by atoms with Gasteiger partial charge in [0.2, 0.25) is 0 Å². The van der Waals surface area contributed by atoms with Crippen molar-refractivity contribution in [3.8, 4) is 17.0 Å². The van der Waals surface area contributed by atoms with Crippen LogP contribution in [0.25, 0.3) is 11.3 Å². The highest BCUT2D eigenvalue weighted by atomic mass is 19.1. The van der Waals surface area contributed by atoms with Crippen molar-refractivity contribution >= 4 is 5.91 Å². The molecule has 24 heavy (non-hydrogen) atoms. The number of methoxy groups -OCH3 is 1. The van der Waals surface area contributed by atoms with Crippen molar-refractivity contribution in [2.24, 2.45) is 0 Å². The first kappa shape index (κ1) is 14.4. The molecule has 2 aromatic carbocycles. The SMILES string of the molecule is COc1cccc(-c2n[nH]c3c2[C@@H](c2cccc(F)c2)NC3=O)c1. The molecule has 2 heterocycles. The largest absolute Gasteiger partial charge is 0.497 e. The molecular formula is C18H14FN3O2. The number of carbonyl (C=O) groups is 1. The number of nitrogens with zero attached hydrogens (tertiary/aromatic N) is 1. The van der Waals surface area contributed by atoms with E-state index in [9.17, 15) is 9.18 Å². The number of H-pyrrole nitrogens is 1. The third-order valence-electron chi connectivity index (χ3n) is 4.12. The molecule has 0 radical (unpaired) electrons. The molecule has 0 saturated heterocycles. The molecule has 1 aromatic heterocycles. The van der Waals surface area contributed by atoms with E-state index in [1.165, 1.54) is 12.1 Å². The lowest BCUT2D eigenvalue weighted by Crippen LogP contribution is -2.21. The molecule has 0 aliphatic carbocycles. The van der Waals surface area contributed by atoms with Crippen molar-refractivity contribution in [2.45, 2.75) is 6.04 Å². The summed E-state index contributed by atoms with van der Waals surface area (Å²) in [5.41, 5.74) is 3.27. The van der Waals surface area contributed by atoms with E-state index in [0.29, 0.717) is 22.7 Å². The molecule has 0 spiro atoms. The minimum atomic E-state index is -0.442. The molecule has 2 N–H and O–H groups in total. The number of rotatable bonds is 3. The van der Waals surface area contributed by atoms with Crippen molar-refractivity contribution in [1.82, 2.24) is 15.5 Å². The van der Waals surface area contributed by atoms with Crippen molar-refractivity contribution in [1.29, 1.82) is 0 Å². The Morgan fingerprint density at radius 2 is 2.00 bits per heavy atom. The first-order valence-corrected chi connectivity index (χ1v) is 7.46. The van der Waals surface area contributed by atoms with Crippen LogP contribution in [-0.2, 0) is 0 Å². The van der Waals surface area contributed by atoms with Gasteiger partial charge in [-0.05, 0) is 29.8 Å². The van der Waals surface area contributed by atoms with Gasteiger partial charge in [0.15, 0.2) is 0 Å². The Kier molecular flexibility index (Phi) is 3.30. The summed E-state index contributed by atoms with van der Waals surface area (Å²) >= 11 is 0. The van der Waals surface area contributed by atoms with Crippen molar-refractivity contribution in [3.63, 3.8) is 0 Å². The van der Waals surface area contributed by atoms with Gasteiger partial charge in [-0.1, -0.05) is 24.3 Å². The van der Waals surface area contributed by atoms with E-state index in [1.54, 1.807) is 19.2 Å². The number of carbonyl (C=O) groups excluding carboxylic acids is 1. The summed E-state index contributed by atoms with van der Waals surface area (Å²) in [5.74, 6) is 0.103. The van der Waals surface area contributed by atoms with E-state index in [1.807, 2.05) is 24.3 Å². The van der Waals surface area contributed by atoms with Crippen LogP contribution in [0.15, 0.2) is 48.5 Å². The third-order valence-corrected chi connectivity index (χ3v) is 4.12. The molecule has 0 saturated carbocycles. The number of hydrogen-bond donors (Lipinski definition) is 2. The third kappa shape index (κ3) is 2.23. The van der Waals surface area contributed by atoms with Crippen LogP contribution in [0.5, 0.6) is 5.75 Å². The van der Waals surface area contributed by atoms with Gasteiger partial charge >= 0.3 is 0 Å². The highest BCUT2D eigenvalue weighted by Gasteiger charge is 2.35. The van der Waals surface area contributed by atoms with Crippen LogP contribution >= 0.6 is 0 Å². The minimum Gasteiger partial charge on any atom is -0.497 e. The monoisotopic (exact) mass is 323 g/mol. The Bertz CT molecular complexity index is 936. The Morgan fingerprint density at radius 1 is 1.17 bits per heavy atom. The number of benzene rings is 2. The minimum absolute atomic E-state index is 0.249. The number of fused-ring (bicyclic) bond motifs is 1. The summed E-state index contributed by atoms with van der Waals surface area (Å²) in [7, 11) is 1.59. The van der Waals surface area contributed by atoms with Gasteiger partial charge in [-0.15, -0.1) is 0 Å². The first-order valence-electron chi connectivity index (χ1n) is 7.46. The Balaban J connectivity index is 1.86. The zero-order valence-corrected chi connectivity index (χ0v) is 12.8. The molecule has 0 fully saturated rings. The number of nitrogens with one attached hydrogen (secondary N) is 2. The Hall–Kier alpha value is -3.15. The van der Waals surface area contributed by atoms with Crippen LogP contribution in [0.1, 0.15) is 27.7 Å². The van der Waals surface area contributed by atoms with Crippen LogP contribution < -0.4 is 10.1 Å². The van der Waals surface area contributed by atoms with Gasteiger partial charge in [-0.3, -0.25) is 9.89 Å². The van der Waals surface area contributed by atoms with Crippen molar-refractivity contribution in [3.05, 3.63) is 71.2 Å². The van der Waals surface area contributed by atoms with E-state index in [4.69, 9.17) is 4.74 Å². The highest BCUT2D eigenvalue weighted by molar-refractivity contribution is 6.00. The zero-order chi connectivity index (χ0) is 16.7. The van der Waals surface area contributed by atoms with E-state index >= 15 is 0 Å². The molecule has 3 aromatic rings. The van der Waals surface area contributed by atoms with Gasteiger partial charge in [0.1, 0.15) is 17.3 Å². The van der Waals surface area contributed by atoms with Gasteiger partial charge in [0, 0.05) is 11.1 Å². The van der Waals surface area contributed by atoms with E-state index in [2.05, 4.69) is 15.5 Å². The number of aromatic amines is 1. The summed E-state index contributed by atoms with van der Waals surface area (Å²) in [6.07, 6.45) is 0. The van der Waals surface area contributed by atoms with Gasteiger partial charge in [-0.25, -0.2) is 4.39 Å². The molecule has 1 aliphatic heterocycles. The first-order chi connectivity index (χ1) is 11.7.